The molecule has 1 aromatic carbocycles. The maximum absolute atomic E-state index is 12.9. The van der Waals surface area contributed by atoms with E-state index in [0.717, 1.165) is 0 Å². The van der Waals surface area contributed by atoms with Crippen molar-refractivity contribution in [3.05, 3.63) is 46.4 Å². The molecule has 0 unspecified atom stereocenters. The Hall–Kier alpha value is -1.74. The molecule has 0 radical (unpaired) electrons. The minimum atomic E-state index is -1.85. The summed E-state index contributed by atoms with van der Waals surface area (Å²) in [5, 5.41) is 7.98. The van der Waals surface area contributed by atoms with Crippen LogP contribution in [-0.4, -0.2) is 30.3 Å². The van der Waals surface area contributed by atoms with Crippen LogP contribution in [0.4, 0.5) is 5.69 Å². The molecule has 3 N–H and O–H groups in total. The Morgan fingerprint density at radius 2 is 1.78 bits per heavy atom. The van der Waals surface area contributed by atoms with Gasteiger partial charge in [-0.2, -0.15) is 0 Å². The summed E-state index contributed by atoms with van der Waals surface area (Å²) in [6.45, 7) is 3.05. The van der Waals surface area contributed by atoms with Crippen molar-refractivity contribution < 1.29 is 4.79 Å². The fraction of sp³-hybridized carbons (Fsp3) is 0.312. The normalized spacial score (nSPS) is 12.4. The molecule has 27 heavy (non-hydrogen) atoms. The zero-order chi connectivity index (χ0) is 20.4. The van der Waals surface area contributed by atoms with Gasteiger partial charge in [-0.15, -0.1) is 0 Å². The number of hydrogen-bond acceptors (Lipinski definition) is 3. The predicted octanol–water partition coefficient (Wildman–Crippen LogP) is 2.60. The molecule has 2 rings (SSSR count). The van der Waals surface area contributed by atoms with Crippen molar-refractivity contribution in [1.82, 2.24) is 20.0 Å². The Balaban J connectivity index is 2.28. The summed E-state index contributed by atoms with van der Waals surface area (Å²) < 4.78 is 1.34. The minimum Gasteiger partial charge on any atom is -0.339 e. The molecular weight excluding hydrogens is 433 g/mol. The molecule has 1 heterocycles. The Morgan fingerprint density at radius 3 is 2.30 bits per heavy atom. The van der Waals surface area contributed by atoms with E-state index >= 15 is 0 Å². The summed E-state index contributed by atoms with van der Waals surface area (Å²) in [4.78, 5) is 24.2. The smallest absolute Gasteiger partial charge is 0.295 e. The number of halogens is 3. The summed E-state index contributed by atoms with van der Waals surface area (Å²) in [6.07, 6.45) is -1.08. The van der Waals surface area contributed by atoms with Crippen LogP contribution in [0.1, 0.15) is 12.6 Å². The number of anilines is 1. The molecule has 1 atom stereocenters. The molecule has 1 amide bonds. The number of nitrogens with one attached hydrogen (secondary N) is 3. The fourth-order valence-corrected chi connectivity index (χ4v) is 2.94. The second kappa shape index (κ2) is 8.52. The standard InChI is InChI=1S/C16H18Cl3N5O2S/c1-9-12(13(26)24(23(9)3)11-7-5-4-6-8-11)21-15(27)22-14(16(17,18)19)20-10(2)25/h4-8,14H,1-3H3,(H,20,25)(H2,21,22,27)/t14-/m1/s1. The van der Waals surface area contributed by atoms with E-state index in [-0.39, 0.29) is 16.4 Å². The van der Waals surface area contributed by atoms with Gasteiger partial charge in [-0.1, -0.05) is 53.0 Å². The summed E-state index contributed by atoms with van der Waals surface area (Å²) in [6, 6.07) is 9.17. The van der Waals surface area contributed by atoms with Gasteiger partial charge in [0.15, 0.2) is 5.11 Å². The summed E-state index contributed by atoms with van der Waals surface area (Å²) >= 11 is 22.8. The molecule has 0 fully saturated rings. The summed E-state index contributed by atoms with van der Waals surface area (Å²) in [7, 11) is 1.76. The van der Waals surface area contributed by atoms with E-state index in [2.05, 4.69) is 16.0 Å². The van der Waals surface area contributed by atoms with Crippen molar-refractivity contribution in [2.75, 3.05) is 5.32 Å². The van der Waals surface area contributed by atoms with Gasteiger partial charge in [0.05, 0.1) is 11.4 Å². The van der Waals surface area contributed by atoms with Crippen molar-refractivity contribution in [3.8, 4) is 5.69 Å². The van der Waals surface area contributed by atoms with E-state index in [1.165, 1.54) is 11.6 Å². The van der Waals surface area contributed by atoms with E-state index < -0.39 is 15.9 Å². The first-order valence-corrected chi connectivity index (χ1v) is 9.32. The molecule has 7 nitrogen and oxygen atoms in total. The summed E-state index contributed by atoms with van der Waals surface area (Å²) in [5.74, 6) is -0.413. The van der Waals surface area contributed by atoms with Crippen molar-refractivity contribution in [2.24, 2.45) is 7.05 Å². The second-order valence-corrected chi connectivity index (χ2v) is 8.49. The molecule has 146 valence electrons. The number of rotatable bonds is 4. The molecule has 2 aromatic rings. The third kappa shape index (κ3) is 5.16. The maximum atomic E-state index is 12.9. The van der Waals surface area contributed by atoms with Crippen LogP contribution < -0.4 is 21.5 Å². The minimum absolute atomic E-state index is 0.0195. The lowest BCUT2D eigenvalue weighted by Gasteiger charge is -2.27. The van der Waals surface area contributed by atoms with Crippen LogP contribution in [0.25, 0.3) is 5.69 Å². The first kappa shape index (κ1) is 21.6. The van der Waals surface area contributed by atoms with Crippen LogP contribution >= 0.6 is 47.0 Å². The molecule has 0 aliphatic heterocycles. The van der Waals surface area contributed by atoms with E-state index in [1.54, 1.807) is 18.7 Å². The number of benzene rings is 1. The molecule has 1 aromatic heterocycles. The lowest BCUT2D eigenvalue weighted by atomic mass is 10.3. The molecule has 0 aliphatic carbocycles. The predicted molar refractivity (Wildman–Crippen MR) is 113 cm³/mol. The average molecular weight is 451 g/mol. The monoisotopic (exact) mass is 449 g/mol. The Labute approximate surface area is 176 Å². The quantitative estimate of drug-likeness (QED) is 0.379. The average Bonchev–Trinajstić information content (AvgIpc) is 2.77. The Bertz CT molecular complexity index is 905. The van der Waals surface area contributed by atoms with Gasteiger partial charge in [-0.25, -0.2) is 4.68 Å². The maximum Gasteiger partial charge on any atom is 0.295 e. The van der Waals surface area contributed by atoms with Gasteiger partial charge in [0.1, 0.15) is 11.9 Å². The number of carbonyl (C=O) groups excluding carboxylic acids is 1. The highest BCUT2D eigenvalue weighted by Gasteiger charge is 2.34. The highest BCUT2D eigenvalue weighted by molar-refractivity contribution is 7.80. The number of para-hydroxylation sites is 1. The first-order chi connectivity index (χ1) is 12.5. The van der Waals surface area contributed by atoms with Gasteiger partial charge in [0.25, 0.3) is 5.56 Å². The highest BCUT2D eigenvalue weighted by atomic mass is 35.6. The fourth-order valence-electron chi connectivity index (χ4n) is 2.40. The van der Waals surface area contributed by atoms with Crippen LogP contribution in [0.3, 0.4) is 0 Å². The van der Waals surface area contributed by atoms with Crippen LogP contribution in [-0.2, 0) is 11.8 Å². The van der Waals surface area contributed by atoms with Crippen molar-refractivity contribution >= 4 is 63.7 Å². The molecule has 0 aliphatic rings. The second-order valence-electron chi connectivity index (χ2n) is 5.71. The first-order valence-electron chi connectivity index (χ1n) is 7.77. The number of aromatic nitrogens is 2. The molecule has 0 saturated heterocycles. The third-order valence-corrected chi connectivity index (χ3v) is 4.62. The van der Waals surface area contributed by atoms with Crippen LogP contribution in [0.5, 0.6) is 0 Å². The molecule has 0 spiro atoms. The van der Waals surface area contributed by atoms with Gasteiger partial charge in [-0.05, 0) is 31.3 Å². The van der Waals surface area contributed by atoms with E-state index in [1.807, 2.05) is 30.3 Å². The molecule has 0 saturated carbocycles. The van der Waals surface area contributed by atoms with E-state index in [0.29, 0.717) is 11.4 Å². The lowest BCUT2D eigenvalue weighted by Crippen LogP contribution is -2.55. The topological polar surface area (TPSA) is 80.1 Å². The van der Waals surface area contributed by atoms with Crippen molar-refractivity contribution in [3.63, 3.8) is 0 Å². The van der Waals surface area contributed by atoms with Gasteiger partial charge in [0.2, 0.25) is 9.70 Å². The van der Waals surface area contributed by atoms with Crippen LogP contribution in [0.15, 0.2) is 35.1 Å². The number of hydrogen-bond donors (Lipinski definition) is 3. The number of carbonyl (C=O) groups is 1. The zero-order valence-electron chi connectivity index (χ0n) is 14.7. The van der Waals surface area contributed by atoms with Gasteiger partial charge < -0.3 is 16.0 Å². The largest absolute Gasteiger partial charge is 0.339 e. The zero-order valence-corrected chi connectivity index (χ0v) is 17.8. The van der Waals surface area contributed by atoms with Gasteiger partial charge >= 0.3 is 0 Å². The van der Waals surface area contributed by atoms with Crippen LogP contribution in [0.2, 0.25) is 0 Å². The molecular formula is C16H18Cl3N5O2S. The number of amides is 1. The Morgan fingerprint density at radius 1 is 1.19 bits per heavy atom. The van der Waals surface area contributed by atoms with Gasteiger partial charge in [0, 0.05) is 14.0 Å². The van der Waals surface area contributed by atoms with Crippen LogP contribution in [0, 0.1) is 6.92 Å². The molecule has 0 bridgehead atoms. The third-order valence-electron chi connectivity index (χ3n) is 3.74. The van der Waals surface area contributed by atoms with E-state index in [9.17, 15) is 9.59 Å². The van der Waals surface area contributed by atoms with Crippen molar-refractivity contribution in [1.29, 1.82) is 0 Å². The lowest BCUT2D eigenvalue weighted by molar-refractivity contribution is -0.119. The van der Waals surface area contributed by atoms with Crippen molar-refractivity contribution in [2.45, 2.75) is 23.8 Å². The van der Waals surface area contributed by atoms with E-state index in [4.69, 9.17) is 47.0 Å². The Kier molecular flexibility index (Phi) is 6.80. The number of thiocarbonyl (C=S) groups is 1. The molecule has 11 heteroatoms. The number of alkyl halides is 3. The highest BCUT2D eigenvalue weighted by Crippen LogP contribution is 2.29. The SMILES string of the molecule is CC(=O)N[C@H](NC(=S)Nc1c(C)n(C)n(-c2ccccc2)c1=O)C(Cl)(Cl)Cl. The number of nitrogens with zero attached hydrogens (tertiary/aromatic N) is 2. The van der Waals surface area contributed by atoms with Gasteiger partial charge in [-0.3, -0.25) is 14.3 Å². The summed E-state index contributed by atoms with van der Waals surface area (Å²) in [5.41, 5.74) is 1.33.